The molecule has 1 aliphatic heterocycles. The van der Waals surface area contributed by atoms with Gasteiger partial charge in [-0.25, -0.2) is 0 Å². The van der Waals surface area contributed by atoms with Gasteiger partial charge in [-0.05, 0) is 39.9 Å². The molecule has 1 heterocycles. The zero-order valence-corrected chi connectivity index (χ0v) is 25.3. The standard InChI is InChI=1S/C12H21NO4.C8H16O3.C7H12O4/c1-9(2)11(14)16-8-17-12(15)10-4-6-13(3)7-5-10;1-6(2)8(9)11-7(3)5-10-4;1-5(2)7(9)11-4-10-6(3)8/h9-10H,4-8H2,1-3H3;6-7H,5H2,1-4H3;5H,4H2,1-3H3/t;7-;/m.1./s1. The second-order valence-corrected chi connectivity index (χ2v) is 10.0. The lowest BCUT2D eigenvalue weighted by Gasteiger charge is -2.27. The molecule has 1 aliphatic rings. The molecule has 0 amide bonds. The number of ether oxygens (including phenoxy) is 6. The monoisotopic (exact) mass is 563 g/mol. The van der Waals surface area contributed by atoms with Crippen LogP contribution in [0.3, 0.4) is 0 Å². The summed E-state index contributed by atoms with van der Waals surface area (Å²) in [6, 6.07) is 0. The molecule has 39 heavy (non-hydrogen) atoms. The Bertz CT molecular complexity index is 729. The molecule has 0 spiro atoms. The zero-order valence-electron chi connectivity index (χ0n) is 25.3. The SMILES string of the molecule is CC(=O)OCOC(=O)C(C)C.CC(C)C(=O)OCOC(=O)C1CCN(C)CC1.COC[C@@H](C)OC(=O)C(C)C. The van der Waals surface area contributed by atoms with Crippen LogP contribution in [0.15, 0.2) is 0 Å². The zero-order chi connectivity index (χ0) is 30.5. The minimum absolute atomic E-state index is 0.0519. The number of hydrogen-bond acceptors (Lipinski definition) is 12. The normalized spacial score (nSPS) is 14.3. The topological polar surface area (TPSA) is 144 Å². The van der Waals surface area contributed by atoms with Gasteiger partial charge in [-0.15, -0.1) is 0 Å². The second kappa shape index (κ2) is 22.1. The summed E-state index contributed by atoms with van der Waals surface area (Å²) in [5, 5.41) is 0. The van der Waals surface area contributed by atoms with Gasteiger partial charge in [0.05, 0.1) is 30.3 Å². The molecule has 1 fully saturated rings. The molecular formula is C27H49NO11. The predicted octanol–water partition coefficient (Wildman–Crippen LogP) is 2.95. The minimum atomic E-state index is -0.457. The molecule has 12 heteroatoms. The average molecular weight is 564 g/mol. The summed E-state index contributed by atoms with van der Waals surface area (Å²) < 4.78 is 28.4. The maximum atomic E-state index is 11.6. The molecule has 0 aliphatic carbocycles. The Kier molecular flexibility index (Phi) is 21.8. The third-order valence-corrected chi connectivity index (χ3v) is 5.05. The number of nitrogens with zero attached hydrogens (tertiary/aromatic N) is 1. The second-order valence-electron chi connectivity index (χ2n) is 10.0. The highest BCUT2D eigenvalue weighted by Gasteiger charge is 2.25. The molecule has 0 saturated carbocycles. The maximum Gasteiger partial charge on any atom is 0.311 e. The van der Waals surface area contributed by atoms with Crippen molar-refractivity contribution in [2.45, 2.75) is 74.3 Å². The van der Waals surface area contributed by atoms with Gasteiger partial charge >= 0.3 is 29.8 Å². The van der Waals surface area contributed by atoms with Crippen LogP contribution < -0.4 is 0 Å². The Morgan fingerprint density at radius 2 is 1.15 bits per heavy atom. The van der Waals surface area contributed by atoms with E-state index in [1.54, 1.807) is 34.8 Å². The molecule has 1 atom stereocenters. The molecule has 0 unspecified atom stereocenters. The van der Waals surface area contributed by atoms with Gasteiger partial charge in [0.1, 0.15) is 6.10 Å². The van der Waals surface area contributed by atoms with Crippen LogP contribution >= 0.6 is 0 Å². The van der Waals surface area contributed by atoms with Crippen LogP contribution in [0.5, 0.6) is 0 Å². The van der Waals surface area contributed by atoms with Crippen LogP contribution in [-0.4, -0.2) is 88.3 Å². The number of carbonyl (C=O) groups is 5. The van der Waals surface area contributed by atoms with E-state index < -0.39 is 5.97 Å². The number of hydrogen-bond donors (Lipinski definition) is 0. The first-order valence-electron chi connectivity index (χ1n) is 13.1. The summed E-state index contributed by atoms with van der Waals surface area (Å²) in [6.07, 6.45) is 1.48. The van der Waals surface area contributed by atoms with Gasteiger partial charge in [-0.3, -0.25) is 24.0 Å². The van der Waals surface area contributed by atoms with Crippen LogP contribution in [0.4, 0.5) is 0 Å². The molecule has 0 aromatic carbocycles. The summed E-state index contributed by atoms with van der Waals surface area (Å²) in [7, 11) is 3.62. The highest BCUT2D eigenvalue weighted by Crippen LogP contribution is 2.17. The Balaban J connectivity index is 0. The van der Waals surface area contributed by atoms with Crippen LogP contribution in [0, 0.1) is 23.7 Å². The Morgan fingerprint density at radius 3 is 1.54 bits per heavy atom. The van der Waals surface area contributed by atoms with E-state index in [2.05, 4.69) is 14.4 Å². The van der Waals surface area contributed by atoms with E-state index in [1.165, 1.54) is 6.92 Å². The number of likely N-dealkylation sites (tertiary alicyclic amines) is 1. The molecule has 0 radical (unpaired) electrons. The Labute approximate surface area is 232 Å². The van der Waals surface area contributed by atoms with Crippen molar-refractivity contribution < 1.29 is 52.4 Å². The van der Waals surface area contributed by atoms with Crippen molar-refractivity contribution in [3.05, 3.63) is 0 Å². The fourth-order valence-corrected chi connectivity index (χ4v) is 2.61. The molecule has 0 aromatic rings. The summed E-state index contributed by atoms with van der Waals surface area (Å²) in [5.74, 6) is -2.10. The quantitative estimate of drug-likeness (QED) is 0.207. The lowest BCUT2D eigenvalue weighted by Crippen LogP contribution is -2.34. The Hall–Kier alpha value is -2.73. The number of esters is 5. The predicted molar refractivity (Wildman–Crippen MR) is 142 cm³/mol. The summed E-state index contributed by atoms with van der Waals surface area (Å²) in [4.78, 5) is 56.8. The molecule has 228 valence electrons. The van der Waals surface area contributed by atoms with Crippen molar-refractivity contribution in [1.29, 1.82) is 0 Å². The summed E-state index contributed by atoms with van der Waals surface area (Å²) in [5.41, 5.74) is 0. The van der Waals surface area contributed by atoms with E-state index in [9.17, 15) is 24.0 Å². The first-order chi connectivity index (χ1) is 18.1. The van der Waals surface area contributed by atoms with Gasteiger partial charge in [0, 0.05) is 14.0 Å². The van der Waals surface area contributed by atoms with Crippen molar-refractivity contribution in [1.82, 2.24) is 4.90 Å². The van der Waals surface area contributed by atoms with E-state index in [1.807, 2.05) is 27.8 Å². The summed E-state index contributed by atoms with van der Waals surface area (Å²) in [6.45, 7) is 15.3. The highest BCUT2D eigenvalue weighted by atomic mass is 16.7. The first-order valence-corrected chi connectivity index (χ1v) is 13.1. The lowest BCUT2D eigenvalue weighted by atomic mass is 9.97. The third kappa shape index (κ3) is 21.8. The van der Waals surface area contributed by atoms with Crippen LogP contribution in [-0.2, 0) is 52.4 Å². The van der Waals surface area contributed by atoms with Gasteiger partial charge in [0.2, 0.25) is 13.6 Å². The number of rotatable bonds is 11. The third-order valence-electron chi connectivity index (χ3n) is 5.05. The van der Waals surface area contributed by atoms with E-state index in [0.29, 0.717) is 6.61 Å². The molecule has 12 nitrogen and oxygen atoms in total. The van der Waals surface area contributed by atoms with Crippen LogP contribution in [0.1, 0.15) is 68.2 Å². The smallest absolute Gasteiger partial charge is 0.311 e. The number of piperidine rings is 1. The Morgan fingerprint density at radius 1 is 0.718 bits per heavy atom. The van der Waals surface area contributed by atoms with Gasteiger partial charge in [0.25, 0.3) is 0 Å². The van der Waals surface area contributed by atoms with Crippen molar-refractivity contribution in [2.24, 2.45) is 23.7 Å². The molecule has 0 aromatic heterocycles. The highest BCUT2D eigenvalue weighted by molar-refractivity contribution is 5.74. The number of methoxy groups -OCH3 is 1. The molecular weight excluding hydrogens is 514 g/mol. The van der Waals surface area contributed by atoms with E-state index in [-0.39, 0.29) is 67.2 Å². The van der Waals surface area contributed by atoms with Gasteiger partial charge < -0.3 is 33.3 Å². The fraction of sp³-hybridized carbons (Fsp3) is 0.815. The lowest BCUT2D eigenvalue weighted by molar-refractivity contribution is -0.173. The van der Waals surface area contributed by atoms with Gasteiger partial charge in [-0.2, -0.15) is 0 Å². The van der Waals surface area contributed by atoms with Gasteiger partial charge in [0.15, 0.2) is 0 Å². The fourth-order valence-electron chi connectivity index (χ4n) is 2.61. The van der Waals surface area contributed by atoms with Crippen LogP contribution in [0.2, 0.25) is 0 Å². The average Bonchev–Trinajstić information content (AvgIpc) is 2.84. The molecule has 1 rings (SSSR count). The van der Waals surface area contributed by atoms with Crippen molar-refractivity contribution in [3.63, 3.8) is 0 Å². The molecule has 0 N–H and O–H groups in total. The largest absolute Gasteiger partial charge is 0.460 e. The summed E-state index contributed by atoms with van der Waals surface area (Å²) >= 11 is 0. The van der Waals surface area contributed by atoms with Crippen LogP contribution in [0.25, 0.3) is 0 Å². The van der Waals surface area contributed by atoms with E-state index in [0.717, 1.165) is 25.9 Å². The first kappa shape index (κ1) is 38.4. The molecule has 0 bridgehead atoms. The minimum Gasteiger partial charge on any atom is -0.460 e. The van der Waals surface area contributed by atoms with Crippen molar-refractivity contribution in [2.75, 3.05) is 47.4 Å². The maximum absolute atomic E-state index is 11.6. The molecule has 1 saturated heterocycles. The van der Waals surface area contributed by atoms with Crippen molar-refractivity contribution >= 4 is 29.8 Å². The van der Waals surface area contributed by atoms with E-state index >= 15 is 0 Å². The van der Waals surface area contributed by atoms with Gasteiger partial charge in [-0.1, -0.05) is 41.5 Å². The number of carbonyl (C=O) groups excluding carboxylic acids is 5. The van der Waals surface area contributed by atoms with Crippen molar-refractivity contribution in [3.8, 4) is 0 Å². The van der Waals surface area contributed by atoms with E-state index in [4.69, 9.17) is 18.9 Å².